The van der Waals surface area contributed by atoms with Crippen LogP contribution < -0.4 is 5.73 Å². The number of benzene rings is 2. The minimum Gasteiger partial charge on any atom is -0.398 e. The molecular weight excluding hydrogens is 158 g/mol. The minimum atomic E-state index is 0.827. The molecule has 0 aromatic heterocycles. The van der Waals surface area contributed by atoms with E-state index in [0.29, 0.717) is 0 Å². The van der Waals surface area contributed by atoms with Gasteiger partial charge in [0, 0.05) is 11.1 Å². The van der Waals surface area contributed by atoms with Crippen LogP contribution in [0.1, 0.15) is 5.56 Å². The van der Waals surface area contributed by atoms with Gasteiger partial charge in [-0.3, -0.25) is 0 Å². The Morgan fingerprint density at radius 1 is 1.15 bits per heavy atom. The van der Waals surface area contributed by atoms with Crippen molar-refractivity contribution in [2.75, 3.05) is 5.73 Å². The lowest BCUT2D eigenvalue weighted by atomic mass is 10.1. The number of nitrogens with two attached hydrogens (primary N) is 1. The third kappa shape index (κ3) is 1.29. The maximum atomic E-state index is 5.82. The number of anilines is 1. The van der Waals surface area contributed by atoms with Crippen molar-refractivity contribution in [2.24, 2.45) is 0 Å². The van der Waals surface area contributed by atoms with Crippen LogP contribution in [-0.4, -0.2) is 0 Å². The molecule has 0 aliphatic heterocycles. The highest BCUT2D eigenvalue weighted by Crippen LogP contribution is 2.21. The minimum absolute atomic E-state index is 0.827. The van der Waals surface area contributed by atoms with E-state index >= 15 is 0 Å². The highest BCUT2D eigenvalue weighted by Gasteiger charge is 1.96. The van der Waals surface area contributed by atoms with Crippen LogP contribution in [0.5, 0.6) is 0 Å². The second kappa shape index (κ2) is 2.94. The van der Waals surface area contributed by atoms with Crippen LogP contribution in [0.25, 0.3) is 16.8 Å². The summed E-state index contributed by atoms with van der Waals surface area (Å²) in [4.78, 5) is 0. The number of hydrogen-bond donors (Lipinski definition) is 1. The lowest BCUT2D eigenvalue weighted by Crippen LogP contribution is -1.86. The highest BCUT2D eigenvalue weighted by molar-refractivity contribution is 5.93. The van der Waals surface area contributed by atoms with Gasteiger partial charge in [-0.2, -0.15) is 0 Å². The molecule has 0 atom stereocenters. The Morgan fingerprint density at radius 3 is 2.77 bits per heavy atom. The molecule has 0 amide bonds. The van der Waals surface area contributed by atoms with Gasteiger partial charge in [0.2, 0.25) is 0 Å². The summed E-state index contributed by atoms with van der Waals surface area (Å²) in [6, 6.07) is 12.1. The van der Waals surface area contributed by atoms with Crippen molar-refractivity contribution in [2.45, 2.75) is 0 Å². The molecule has 0 radical (unpaired) electrons. The molecule has 1 nitrogen and oxygen atoms in total. The van der Waals surface area contributed by atoms with Gasteiger partial charge in [0.15, 0.2) is 0 Å². The van der Waals surface area contributed by atoms with E-state index in [1.807, 2.05) is 30.3 Å². The quantitative estimate of drug-likeness (QED) is 0.652. The van der Waals surface area contributed by atoms with E-state index in [9.17, 15) is 0 Å². The van der Waals surface area contributed by atoms with Gasteiger partial charge in [-0.1, -0.05) is 36.9 Å². The van der Waals surface area contributed by atoms with Crippen LogP contribution in [0.2, 0.25) is 0 Å². The summed E-state index contributed by atoms with van der Waals surface area (Å²) in [5, 5.41) is 2.27. The van der Waals surface area contributed by atoms with Crippen molar-refractivity contribution in [1.82, 2.24) is 0 Å². The zero-order valence-electron chi connectivity index (χ0n) is 7.33. The maximum Gasteiger partial charge on any atom is 0.0393 e. The molecule has 2 aromatic rings. The molecule has 0 heterocycles. The van der Waals surface area contributed by atoms with Gasteiger partial charge in [0.1, 0.15) is 0 Å². The summed E-state index contributed by atoms with van der Waals surface area (Å²) in [6.07, 6.45) is 1.84. The van der Waals surface area contributed by atoms with Gasteiger partial charge in [0.05, 0.1) is 0 Å². The molecule has 0 aliphatic rings. The monoisotopic (exact) mass is 169 g/mol. The summed E-state index contributed by atoms with van der Waals surface area (Å²) in [5.74, 6) is 0. The van der Waals surface area contributed by atoms with Gasteiger partial charge in [-0.25, -0.2) is 0 Å². The predicted octanol–water partition coefficient (Wildman–Crippen LogP) is 3.07. The number of nitrogen functional groups attached to an aromatic ring is 1. The Kier molecular flexibility index (Phi) is 1.78. The molecule has 0 unspecified atom stereocenters. The fourth-order valence-electron chi connectivity index (χ4n) is 1.45. The smallest absolute Gasteiger partial charge is 0.0393 e. The van der Waals surface area contributed by atoms with E-state index in [0.717, 1.165) is 22.0 Å². The summed E-state index contributed by atoms with van der Waals surface area (Å²) in [6.45, 7) is 3.73. The van der Waals surface area contributed by atoms with Crippen molar-refractivity contribution in [3.05, 3.63) is 48.5 Å². The van der Waals surface area contributed by atoms with E-state index in [-0.39, 0.29) is 0 Å². The Labute approximate surface area is 77.5 Å². The molecule has 0 saturated heterocycles. The van der Waals surface area contributed by atoms with E-state index in [1.54, 1.807) is 0 Å². The van der Waals surface area contributed by atoms with Crippen LogP contribution in [0.4, 0.5) is 5.69 Å². The molecular formula is C12H11N. The van der Waals surface area contributed by atoms with Gasteiger partial charge < -0.3 is 5.73 Å². The van der Waals surface area contributed by atoms with Crippen molar-refractivity contribution >= 4 is 22.5 Å². The maximum absolute atomic E-state index is 5.82. The van der Waals surface area contributed by atoms with Gasteiger partial charge >= 0.3 is 0 Å². The first-order valence-corrected chi connectivity index (χ1v) is 4.22. The van der Waals surface area contributed by atoms with E-state index in [1.165, 1.54) is 0 Å². The predicted molar refractivity (Wildman–Crippen MR) is 58.5 cm³/mol. The van der Waals surface area contributed by atoms with Crippen LogP contribution in [0.3, 0.4) is 0 Å². The number of fused-ring (bicyclic) bond motifs is 1. The van der Waals surface area contributed by atoms with Gasteiger partial charge in [-0.15, -0.1) is 0 Å². The summed E-state index contributed by atoms with van der Waals surface area (Å²) in [5.41, 5.74) is 7.77. The van der Waals surface area contributed by atoms with Crippen LogP contribution >= 0.6 is 0 Å². The van der Waals surface area contributed by atoms with Gasteiger partial charge in [-0.05, 0) is 23.1 Å². The molecule has 13 heavy (non-hydrogen) atoms. The summed E-state index contributed by atoms with van der Waals surface area (Å²) < 4.78 is 0. The standard InChI is InChI=1S/C12H11N/c1-2-9-6-7-11-10(8-9)4-3-5-12(11)13/h2-8H,1,13H2. The van der Waals surface area contributed by atoms with Crippen molar-refractivity contribution in [3.63, 3.8) is 0 Å². The first-order chi connectivity index (χ1) is 6.31. The molecule has 2 N–H and O–H groups in total. The molecule has 0 bridgehead atoms. The van der Waals surface area contributed by atoms with Crippen molar-refractivity contribution in [3.8, 4) is 0 Å². The Hall–Kier alpha value is -1.76. The fourth-order valence-corrected chi connectivity index (χ4v) is 1.45. The van der Waals surface area contributed by atoms with Crippen LogP contribution in [-0.2, 0) is 0 Å². The molecule has 64 valence electrons. The first kappa shape index (κ1) is 7.87. The normalized spacial score (nSPS) is 10.2. The molecule has 2 rings (SSSR count). The average Bonchev–Trinajstić information content (AvgIpc) is 2.18. The zero-order valence-corrected chi connectivity index (χ0v) is 7.33. The summed E-state index contributed by atoms with van der Waals surface area (Å²) in [7, 11) is 0. The van der Waals surface area contributed by atoms with E-state index in [2.05, 4.69) is 18.7 Å². The topological polar surface area (TPSA) is 26.0 Å². The molecule has 0 aliphatic carbocycles. The second-order valence-electron chi connectivity index (χ2n) is 3.03. The van der Waals surface area contributed by atoms with Crippen LogP contribution in [0, 0.1) is 0 Å². The summed E-state index contributed by atoms with van der Waals surface area (Å²) >= 11 is 0. The Morgan fingerprint density at radius 2 is 2.00 bits per heavy atom. The SMILES string of the molecule is C=Cc1ccc2c(N)cccc2c1. The molecule has 0 fully saturated rings. The van der Waals surface area contributed by atoms with E-state index in [4.69, 9.17) is 5.73 Å². The fraction of sp³-hybridized carbons (Fsp3) is 0. The molecule has 0 spiro atoms. The highest BCUT2D eigenvalue weighted by atomic mass is 14.5. The lowest BCUT2D eigenvalue weighted by molar-refractivity contribution is 1.70. The average molecular weight is 169 g/mol. The Bertz CT molecular complexity index is 458. The third-order valence-corrected chi connectivity index (χ3v) is 2.17. The van der Waals surface area contributed by atoms with Gasteiger partial charge in [0.25, 0.3) is 0 Å². The third-order valence-electron chi connectivity index (χ3n) is 2.17. The Balaban J connectivity index is 2.79. The first-order valence-electron chi connectivity index (χ1n) is 4.22. The number of hydrogen-bond acceptors (Lipinski definition) is 1. The molecule has 1 heteroatoms. The van der Waals surface area contributed by atoms with Crippen molar-refractivity contribution in [1.29, 1.82) is 0 Å². The number of rotatable bonds is 1. The second-order valence-corrected chi connectivity index (χ2v) is 3.03. The molecule has 2 aromatic carbocycles. The lowest BCUT2D eigenvalue weighted by Gasteiger charge is -2.02. The molecule has 0 saturated carbocycles. The largest absolute Gasteiger partial charge is 0.398 e. The van der Waals surface area contributed by atoms with Crippen molar-refractivity contribution < 1.29 is 0 Å². The van der Waals surface area contributed by atoms with E-state index < -0.39 is 0 Å². The zero-order chi connectivity index (χ0) is 9.26. The van der Waals surface area contributed by atoms with Crippen LogP contribution in [0.15, 0.2) is 43.0 Å².